The number of nitrogens with two attached hydrogens (primary N) is 1. The molecule has 0 saturated carbocycles. The topological polar surface area (TPSA) is 68.0 Å². The number of fused-ring (bicyclic) bond motifs is 1. The van der Waals surface area contributed by atoms with E-state index in [1.54, 1.807) is 6.07 Å². The number of aromatic nitrogens is 1. The third-order valence-electron chi connectivity index (χ3n) is 3.27. The van der Waals surface area contributed by atoms with E-state index in [0.29, 0.717) is 17.2 Å². The number of aryl methyl sites for hydroxylation is 1. The molecule has 0 fully saturated rings. The van der Waals surface area contributed by atoms with Crippen LogP contribution in [-0.2, 0) is 11.2 Å². The van der Waals surface area contributed by atoms with Gasteiger partial charge in [0, 0.05) is 5.69 Å². The van der Waals surface area contributed by atoms with Gasteiger partial charge in [0.2, 0.25) is 5.91 Å². The summed E-state index contributed by atoms with van der Waals surface area (Å²) in [5.41, 5.74) is 9.43. The van der Waals surface area contributed by atoms with Gasteiger partial charge in [-0.3, -0.25) is 4.79 Å². The zero-order valence-corrected chi connectivity index (χ0v) is 12.4. The maximum atomic E-state index is 12.1. The van der Waals surface area contributed by atoms with E-state index >= 15 is 0 Å². The lowest BCUT2D eigenvalue weighted by molar-refractivity contribution is -0.115. The van der Waals surface area contributed by atoms with Crippen LogP contribution in [0.15, 0.2) is 42.5 Å². The molecule has 1 heterocycles. The van der Waals surface area contributed by atoms with E-state index < -0.39 is 0 Å². The molecule has 3 N–H and O–H groups in total. The molecule has 3 rings (SSSR count). The second kappa shape index (κ2) is 5.54. The number of thiazole rings is 1. The van der Waals surface area contributed by atoms with Crippen molar-refractivity contribution >= 4 is 38.3 Å². The zero-order chi connectivity index (χ0) is 14.8. The van der Waals surface area contributed by atoms with Gasteiger partial charge >= 0.3 is 0 Å². The lowest BCUT2D eigenvalue weighted by atomic mass is 10.1. The summed E-state index contributed by atoms with van der Waals surface area (Å²) in [6.07, 6.45) is 0.352. The molecular weight excluding hydrogens is 282 g/mol. The fourth-order valence-electron chi connectivity index (χ4n) is 2.14. The fraction of sp³-hybridized carbons (Fsp3) is 0.125. The Kier molecular flexibility index (Phi) is 3.58. The van der Waals surface area contributed by atoms with Crippen LogP contribution in [0.5, 0.6) is 0 Å². The number of rotatable bonds is 3. The summed E-state index contributed by atoms with van der Waals surface area (Å²) in [7, 11) is 0. The number of carbonyl (C=O) groups excluding carboxylic acids is 1. The Balaban J connectivity index is 1.75. The minimum absolute atomic E-state index is 0.0590. The van der Waals surface area contributed by atoms with Crippen molar-refractivity contribution in [2.24, 2.45) is 0 Å². The van der Waals surface area contributed by atoms with Gasteiger partial charge in [-0.1, -0.05) is 35.6 Å². The minimum atomic E-state index is -0.0590. The van der Waals surface area contributed by atoms with E-state index in [4.69, 9.17) is 5.73 Å². The highest BCUT2D eigenvalue weighted by atomic mass is 32.1. The molecule has 0 bridgehead atoms. The quantitative estimate of drug-likeness (QED) is 0.728. The lowest BCUT2D eigenvalue weighted by Crippen LogP contribution is -2.14. The van der Waals surface area contributed by atoms with Gasteiger partial charge in [0.25, 0.3) is 0 Å². The molecule has 1 aromatic heterocycles. The Morgan fingerprint density at radius 2 is 2.10 bits per heavy atom. The van der Waals surface area contributed by atoms with Gasteiger partial charge in [-0.25, -0.2) is 4.98 Å². The first-order valence-electron chi connectivity index (χ1n) is 6.62. The van der Waals surface area contributed by atoms with Crippen molar-refractivity contribution in [3.05, 3.63) is 53.6 Å². The largest absolute Gasteiger partial charge is 0.399 e. The first kappa shape index (κ1) is 13.6. The fourth-order valence-corrected chi connectivity index (χ4v) is 3.07. The van der Waals surface area contributed by atoms with Gasteiger partial charge in [0.15, 0.2) is 5.13 Å². The number of hydrogen-bond donors (Lipinski definition) is 2. The SMILES string of the molecule is Cc1ccccc1CC(=O)Nc1nc2ccc(N)cc2s1. The predicted octanol–water partition coefficient (Wildman–Crippen LogP) is 3.37. The number of benzene rings is 2. The maximum Gasteiger partial charge on any atom is 0.230 e. The summed E-state index contributed by atoms with van der Waals surface area (Å²) in [6.45, 7) is 2.00. The van der Waals surface area contributed by atoms with Crippen molar-refractivity contribution in [2.45, 2.75) is 13.3 Å². The standard InChI is InChI=1S/C16H15N3OS/c1-10-4-2-3-5-11(10)8-15(20)19-16-18-13-7-6-12(17)9-14(13)21-16/h2-7,9H,8,17H2,1H3,(H,18,19,20). The van der Waals surface area contributed by atoms with E-state index in [-0.39, 0.29) is 5.91 Å². The number of carbonyl (C=O) groups is 1. The number of nitrogens with one attached hydrogen (secondary N) is 1. The Labute approximate surface area is 126 Å². The summed E-state index contributed by atoms with van der Waals surface area (Å²) in [4.78, 5) is 16.5. The van der Waals surface area contributed by atoms with Crippen LogP contribution in [0, 0.1) is 6.92 Å². The number of amides is 1. The Bertz CT molecular complexity index is 810. The van der Waals surface area contributed by atoms with E-state index in [2.05, 4.69) is 10.3 Å². The van der Waals surface area contributed by atoms with Crippen LogP contribution in [0.1, 0.15) is 11.1 Å². The van der Waals surface area contributed by atoms with Crippen LogP contribution in [0.4, 0.5) is 10.8 Å². The molecule has 2 aromatic carbocycles. The van der Waals surface area contributed by atoms with Crippen LogP contribution in [0.2, 0.25) is 0 Å². The maximum absolute atomic E-state index is 12.1. The summed E-state index contributed by atoms with van der Waals surface area (Å²) >= 11 is 1.43. The molecule has 0 atom stereocenters. The van der Waals surface area contributed by atoms with Gasteiger partial charge in [0.1, 0.15) is 0 Å². The molecular formula is C16H15N3OS. The average Bonchev–Trinajstić information content (AvgIpc) is 2.82. The molecule has 5 heteroatoms. The normalized spacial score (nSPS) is 10.7. The van der Waals surface area contributed by atoms with Crippen LogP contribution >= 0.6 is 11.3 Å². The number of anilines is 2. The summed E-state index contributed by atoms with van der Waals surface area (Å²) in [5, 5.41) is 3.46. The predicted molar refractivity (Wildman–Crippen MR) is 87.5 cm³/mol. The summed E-state index contributed by atoms with van der Waals surface area (Å²) < 4.78 is 0.973. The second-order valence-corrected chi connectivity index (χ2v) is 5.93. The Hall–Kier alpha value is -2.40. The summed E-state index contributed by atoms with van der Waals surface area (Å²) in [6, 6.07) is 13.4. The monoisotopic (exact) mass is 297 g/mol. The number of hydrogen-bond acceptors (Lipinski definition) is 4. The van der Waals surface area contributed by atoms with Gasteiger partial charge < -0.3 is 11.1 Å². The molecule has 0 aliphatic rings. The smallest absolute Gasteiger partial charge is 0.230 e. The highest BCUT2D eigenvalue weighted by Crippen LogP contribution is 2.27. The van der Waals surface area contributed by atoms with Gasteiger partial charge in [-0.2, -0.15) is 0 Å². The van der Waals surface area contributed by atoms with E-state index in [1.807, 2.05) is 43.3 Å². The highest BCUT2D eigenvalue weighted by Gasteiger charge is 2.09. The van der Waals surface area contributed by atoms with Crippen molar-refractivity contribution < 1.29 is 4.79 Å². The third-order valence-corrected chi connectivity index (χ3v) is 4.20. The molecule has 0 aliphatic carbocycles. The second-order valence-electron chi connectivity index (χ2n) is 4.90. The zero-order valence-electron chi connectivity index (χ0n) is 11.6. The molecule has 1 amide bonds. The van der Waals surface area contributed by atoms with Crippen molar-refractivity contribution in [1.82, 2.24) is 4.98 Å². The van der Waals surface area contributed by atoms with Crippen LogP contribution in [0.3, 0.4) is 0 Å². The molecule has 21 heavy (non-hydrogen) atoms. The molecule has 0 unspecified atom stereocenters. The van der Waals surface area contributed by atoms with Crippen molar-refractivity contribution in [3.63, 3.8) is 0 Å². The third kappa shape index (κ3) is 3.03. The molecule has 0 spiro atoms. The molecule has 4 nitrogen and oxygen atoms in total. The number of nitrogens with zero attached hydrogens (tertiary/aromatic N) is 1. The molecule has 106 valence electrons. The van der Waals surface area contributed by atoms with E-state index in [1.165, 1.54) is 11.3 Å². The van der Waals surface area contributed by atoms with Gasteiger partial charge in [-0.15, -0.1) is 0 Å². The van der Waals surface area contributed by atoms with E-state index in [9.17, 15) is 4.79 Å². The molecule has 0 radical (unpaired) electrons. The van der Waals surface area contributed by atoms with Crippen LogP contribution in [-0.4, -0.2) is 10.9 Å². The Morgan fingerprint density at radius 1 is 1.29 bits per heavy atom. The van der Waals surface area contributed by atoms with Crippen molar-refractivity contribution in [1.29, 1.82) is 0 Å². The highest BCUT2D eigenvalue weighted by molar-refractivity contribution is 7.22. The molecule has 3 aromatic rings. The average molecular weight is 297 g/mol. The first-order chi connectivity index (χ1) is 10.1. The van der Waals surface area contributed by atoms with E-state index in [0.717, 1.165) is 21.3 Å². The first-order valence-corrected chi connectivity index (χ1v) is 7.44. The molecule has 0 aliphatic heterocycles. The van der Waals surface area contributed by atoms with Crippen LogP contribution < -0.4 is 11.1 Å². The Morgan fingerprint density at radius 3 is 2.90 bits per heavy atom. The van der Waals surface area contributed by atoms with Crippen molar-refractivity contribution in [2.75, 3.05) is 11.1 Å². The minimum Gasteiger partial charge on any atom is -0.399 e. The van der Waals surface area contributed by atoms with Crippen LogP contribution in [0.25, 0.3) is 10.2 Å². The van der Waals surface area contributed by atoms with Gasteiger partial charge in [0.05, 0.1) is 16.6 Å². The van der Waals surface area contributed by atoms with Crippen molar-refractivity contribution in [3.8, 4) is 0 Å². The summed E-state index contributed by atoms with van der Waals surface area (Å²) in [5.74, 6) is -0.0590. The number of nitrogen functional groups attached to an aromatic ring is 1. The molecule has 0 saturated heterocycles. The lowest BCUT2D eigenvalue weighted by Gasteiger charge is -2.04. The van der Waals surface area contributed by atoms with Gasteiger partial charge in [-0.05, 0) is 36.2 Å².